The average Bonchev–Trinajstić information content (AvgIpc) is 2.65. The lowest BCUT2D eigenvalue weighted by molar-refractivity contribution is 0.340. The number of hydrogen-bond acceptors (Lipinski definition) is 2. The third kappa shape index (κ3) is 4.72. The maximum absolute atomic E-state index is 6.38. The van der Waals surface area contributed by atoms with Crippen molar-refractivity contribution in [1.82, 2.24) is 0 Å². The van der Waals surface area contributed by atoms with Gasteiger partial charge in [0.2, 0.25) is 0 Å². The molecule has 0 atom stereocenters. The maximum atomic E-state index is 6.38. The molecule has 0 radical (unpaired) electrons. The van der Waals surface area contributed by atoms with Crippen LogP contribution in [0, 0.1) is 0 Å². The van der Waals surface area contributed by atoms with Crippen molar-refractivity contribution in [2.45, 2.75) is 20.0 Å². The molecule has 4 heteroatoms. The summed E-state index contributed by atoms with van der Waals surface area (Å²) in [4.78, 5) is 2.26. The summed E-state index contributed by atoms with van der Waals surface area (Å²) in [6.07, 6.45) is 0. The molecule has 2 nitrogen and oxygen atoms in total. The molecule has 3 aromatic carbocycles. The van der Waals surface area contributed by atoms with E-state index in [0.717, 1.165) is 32.6 Å². The molecule has 0 aliphatic heterocycles. The Balaban J connectivity index is 1.90. The van der Waals surface area contributed by atoms with E-state index in [2.05, 4.69) is 29.2 Å². The van der Waals surface area contributed by atoms with Gasteiger partial charge in [0.1, 0.15) is 5.75 Å². The summed E-state index contributed by atoms with van der Waals surface area (Å²) < 4.78 is 5.55. The van der Waals surface area contributed by atoms with Gasteiger partial charge < -0.3 is 9.64 Å². The Morgan fingerprint density at radius 1 is 0.731 bits per heavy atom. The van der Waals surface area contributed by atoms with Crippen LogP contribution in [0.5, 0.6) is 5.75 Å². The van der Waals surface area contributed by atoms with Gasteiger partial charge in [0.15, 0.2) is 0 Å². The Bertz CT molecular complexity index is 801. The molecule has 0 fully saturated rings. The Labute approximate surface area is 164 Å². The number of benzene rings is 3. The van der Waals surface area contributed by atoms with E-state index in [-0.39, 0.29) is 0 Å². The molecule has 0 saturated heterocycles. The largest absolute Gasteiger partial charge is 0.494 e. The van der Waals surface area contributed by atoms with Crippen LogP contribution in [0.25, 0.3) is 0 Å². The first-order valence-electron chi connectivity index (χ1n) is 8.62. The molecule has 0 aliphatic carbocycles. The third-order valence-corrected chi connectivity index (χ3v) is 4.89. The number of hydrogen-bond donors (Lipinski definition) is 0. The molecular weight excluding hydrogens is 365 g/mol. The molecule has 0 aliphatic rings. The average molecular weight is 386 g/mol. The molecule has 3 rings (SSSR count). The smallest absolute Gasteiger partial charge is 0.119 e. The standard InChI is InChI=1S/C22H21Cl2NO/c1-2-26-20-13-11-19(12-14-20)25(15-17-7-3-5-9-21(17)23)16-18-8-4-6-10-22(18)24/h3-14H,2,15-16H2,1H3. The molecule has 0 saturated carbocycles. The fourth-order valence-corrected chi connectivity index (χ4v) is 3.21. The van der Waals surface area contributed by atoms with Crippen molar-refractivity contribution in [3.63, 3.8) is 0 Å². The molecule has 0 heterocycles. The monoisotopic (exact) mass is 385 g/mol. The minimum Gasteiger partial charge on any atom is -0.494 e. The Morgan fingerprint density at radius 3 is 1.69 bits per heavy atom. The second kappa shape index (κ2) is 8.98. The zero-order chi connectivity index (χ0) is 18.4. The van der Waals surface area contributed by atoms with E-state index in [0.29, 0.717) is 19.7 Å². The van der Waals surface area contributed by atoms with Gasteiger partial charge in [-0.15, -0.1) is 0 Å². The number of rotatable bonds is 7. The van der Waals surface area contributed by atoms with Crippen LogP contribution in [0.4, 0.5) is 5.69 Å². The molecule has 0 aromatic heterocycles. The minimum absolute atomic E-state index is 0.655. The van der Waals surface area contributed by atoms with Gasteiger partial charge in [-0.2, -0.15) is 0 Å². The zero-order valence-corrected chi connectivity index (χ0v) is 16.2. The lowest BCUT2D eigenvalue weighted by Gasteiger charge is -2.26. The highest BCUT2D eigenvalue weighted by Gasteiger charge is 2.12. The summed E-state index contributed by atoms with van der Waals surface area (Å²) in [7, 11) is 0. The summed E-state index contributed by atoms with van der Waals surface area (Å²) in [5.74, 6) is 0.867. The molecule has 0 bridgehead atoms. The molecule has 3 aromatic rings. The SMILES string of the molecule is CCOc1ccc(N(Cc2ccccc2Cl)Cc2ccccc2Cl)cc1. The number of anilines is 1. The summed E-state index contributed by atoms with van der Waals surface area (Å²) in [5, 5.41) is 1.53. The lowest BCUT2D eigenvalue weighted by Crippen LogP contribution is -2.22. The van der Waals surface area contributed by atoms with E-state index < -0.39 is 0 Å². The number of ether oxygens (including phenoxy) is 1. The number of halogens is 2. The maximum Gasteiger partial charge on any atom is 0.119 e. The topological polar surface area (TPSA) is 12.5 Å². The molecular formula is C22H21Cl2NO. The highest BCUT2D eigenvalue weighted by atomic mass is 35.5. The van der Waals surface area contributed by atoms with E-state index in [4.69, 9.17) is 27.9 Å². The molecule has 26 heavy (non-hydrogen) atoms. The Morgan fingerprint density at radius 2 is 1.23 bits per heavy atom. The first kappa shape index (κ1) is 18.6. The molecule has 0 amide bonds. The first-order valence-corrected chi connectivity index (χ1v) is 9.37. The van der Waals surface area contributed by atoms with Crippen molar-refractivity contribution < 1.29 is 4.74 Å². The van der Waals surface area contributed by atoms with Gasteiger partial charge in [0.05, 0.1) is 6.61 Å². The van der Waals surface area contributed by atoms with Crippen molar-refractivity contribution in [2.75, 3.05) is 11.5 Å². The van der Waals surface area contributed by atoms with Crippen molar-refractivity contribution in [1.29, 1.82) is 0 Å². The summed E-state index contributed by atoms with van der Waals surface area (Å²) in [6, 6.07) is 24.0. The van der Waals surface area contributed by atoms with Crippen molar-refractivity contribution >= 4 is 28.9 Å². The predicted octanol–water partition coefficient (Wildman–Crippen LogP) is 6.60. The second-order valence-electron chi connectivity index (χ2n) is 5.97. The molecule has 0 unspecified atom stereocenters. The Hall–Kier alpha value is -2.16. The van der Waals surface area contributed by atoms with Gasteiger partial charge in [-0.3, -0.25) is 0 Å². The second-order valence-corrected chi connectivity index (χ2v) is 6.78. The van der Waals surface area contributed by atoms with Crippen molar-refractivity contribution in [3.8, 4) is 5.75 Å². The van der Waals surface area contributed by atoms with Crippen molar-refractivity contribution in [3.05, 3.63) is 94.0 Å². The van der Waals surface area contributed by atoms with Gasteiger partial charge in [0.25, 0.3) is 0 Å². The van der Waals surface area contributed by atoms with Crippen LogP contribution < -0.4 is 9.64 Å². The molecule has 0 N–H and O–H groups in total. The Kier molecular flexibility index (Phi) is 6.43. The van der Waals surface area contributed by atoms with Gasteiger partial charge in [0, 0.05) is 28.8 Å². The van der Waals surface area contributed by atoms with Crippen LogP contribution in [0.15, 0.2) is 72.8 Å². The molecule has 134 valence electrons. The van der Waals surface area contributed by atoms with Gasteiger partial charge >= 0.3 is 0 Å². The van der Waals surface area contributed by atoms with E-state index in [1.54, 1.807) is 0 Å². The van der Waals surface area contributed by atoms with Gasteiger partial charge in [-0.1, -0.05) is 59.6 Å². The highest BCUT2D eigenvalue weighted by Crippen LogP contribution is 2.27. The number of nitrogens with zero attached hydrogens (tertiary/aromatic N) is 1. The minimum atomic E-state index is 0.655. The van der Waals surface area contributed by atoms with Crippen LogP contribution in [0.3, 0.4) is 0 Å². The summed E-state index contributed by atoms with van der Waals surface area (Å²) >= 11 is 12.8. The third-order valence-electron chi connectivity index (χ3n) is 4.15. The van der Waals surface area contributed by atoms with Crippen LogP contribution in [0.2, 0.25) is 10.0 Å². The van der Waals surface area contributed by atoms with Gasteiger partial charge in [-0.05, 0) is 54.4 Å². The highest BCUT2D eigenvalue weighted by molar-refractivity contribution is 6.31. The predicted molar refractivity (Wildman–Crippen MR) is 110 cm³/mol. The van der Waals surface area contributed by atoms with Gasteiger partial charge in [-0.25, -0.2) is 0 Å². The summed E-state index contributed by atoms with van der Waals surface area (Å²) in [5.41, 5.74) is 3.25. The van der Waals surface area contributed by atoms with E-state index in [1.165, 1.54) is 0 Å². The van der Waals surface area contributed by atoms with Crippen LogP contribution in [-0.4, -0.2) is 6.61 Å². The normalized spacial score (nSPS) is 10.6. The van der Waals surface area contributed by atoms with E-state index >= 15 is 0 Å². The molecule has 0 spiro atoms. The first-order chi connectivity index (χ1) is 12.7. The van der Waals surface area contributed by atoms with Crippen molar-refractivity contribution in [2.24, 2.45) is 0 Å². The summed E-state index contributed by atoms with van der Waals surface area (Å²) in [6.45, 7) is 4.02. The van der Waals surface area contributed by atoms with E-state index in [9.17, 15) is 0 Å². The zero-order valence-electron chi connectivity index (χ0n) is 14.7. The van der Waals surface area contributed by atoms with Crippen LogP contribution in [-0.2, 0) is 13.1 Å². The fourth-order valence-electron chi connectivity index (χ4n) is 2.82. The quantitative estimate of drug-likeness (QED) is 0.454. The van der Waals surface area contributed by atoms with Crippen LogP contribution in [0.1, 0.15) is 18.1 Å². The fraction of sp³-hybridized carbons (Fsp3) is 0.182. The van der Waals surface area contributed by atoms with E-state index in [1.807, 2.05) is 55.5 Å². The lowest BCUT2D eigenvalue weighted by atomic mass is 10.1. The van der Waals surface area contributed by atoms with Crippen LogP contribution >= 0.6 is 23.2 Å².